The summed E-state index contributed by atoms with van der Waals surface area (Å²) < 4.78 is 17.7. The number of aromatic nitrogens is 1. The van der Waals surface area contributed by atoms with Crippen LogP contribution in [0.3, 0.4) is 0 Å². The van der Waals surface area contributed by atoms with Crippen molar-refractivity contribution in [3.05, 3.63) is 18.3 Å². The van der Waals surface area contributed by atoms with E-state index in [4.69, 9.17) is 14.0 Å². The van der Waals surface area contributed by atoms with Gasteiger partial charge < -0.3 is 23.8 Å². The van der Waals surface area contributed by atoms with Gasteiger partial charge in [0.05, 0.1) is 11.2 Å². The summed E-state index contributed by atoms with van der Waals surface area (Å²) in [7, 11) is -0.414. The fourth-order valence-corrected chi connectivity index (χ4v) is 3.48. The molecular formula is C21H34BN3O4. The lowest BCUT2D eigenvalue weighted by Crippen LogP contribution is -2.55. The fraction of sp³-hybridized carbons (Fsp3) is 0.714. The number of amides is 1. The molecule has 2 fully saturated rings. The molecule has 1 atom stereocenters. The first kappa shape index (κ1) is 21.9. The van der Waals surface area contributed by atoms with E-state index in [1.54, 1.807) is 4.90 Å². The molecule has 8 heteroatoms. The van der Waals surface area contributed by atoms with E-state index in [0.29, 0.717) is 19.6 Å². The second-order valence-electron chi connectivity index (χ2n) is 10.0. The Labute approximate surface area is 174 Å². The van der Waals surface area contributed by atoms with Gasteiger partial charge in [-0.15, -0.1) is 0 Å². The molecule has 0 N–H and O–H groups in total. The first-order valence-corrected chi connectivity index (χ1v) is 10.4. The summed E-state index contributed by atoms with van der Waals surface area (Å²) in [5, 5.41) is 0. The van der Waals surface area contributed by atoms with Crippen LogP contribution in [0.5, 0.6) is 0 Å². The molecular weight excluding hydrogens is 369 g/mol. The molecule has 29 heavy (non-hydrogen) atoms. The van der Waals surface area contributed by atoms with Gasteiger partial charge in [0.1, 0.15) is 11.4 Å². The van der Waals surface area contributed by atoms with E-state index in [1.165, 1.54) is 0 Å². The first-order valence-electron chi connectivity index (χ1n) is 10.4. The molecule has 7 nitrogen and oxygen atoms in total. The molecule has 1 aromatic rings. The highest BCUT2D eigenvalue weighted by atomic mass is 16.7. The molecule has 1 aromatic heterocycles. The average molecular weight is 403 g/mol. The van der Waals surface area contributed by atoms with E-state index in [1.807, 2.05) is 66.8 Å². The molecule has 2 aliphatic heterocycles. The van der Waals surface area contributed by atoms with Crippen molar-refractivity contribution in [1.82, 2.24) is 9.88 Å². The van der Waals surface area contributed by atoms with Crippen LogP contribution in [0.25, 0.3) is 0 Å². The Morgan fingerprint density at radius 2 is 1.79 bits per heavy atom. The van der Waals surface area contributed by atoms with Gasteiger partial charge in [-0.05, 0) is 61.5 Å². The molecule has 2 aliphatic rings. The van der Waals surface area contributed by atoms with E-state index in [-0.39, 0.29) is 23.3 Å². The molecule has 0 spiro atoms. The maximum Gasteiger partial charge on any atom is 0.496 e. The highest BCUT2D eigenvalue weighted by molar-refractivity contribution is 6.62. The van der Waals surface area contributed by atoms with Crippen LogP contribution >= 0.6 is 0 Å². The minimum atomic E-state index is -0.484. The fourth-order valence-electron chi connectivity index (χ4n) is 3.48. The molecule has 0 aromatic carbocycles. The van der Waals surface area contributed by atoms with Crippen molar-refractivity contribution in [3.63, 3.8) is 0 Å². The van der Waals surface area contributed by atoms with Gasteiger partial charge in [-0.25, -0.2) is 9.78 Å². The van der Waals surface area contributed by atoms with Crippen molar-refractivity contribution >= 4 is 24.5 Å². The summed E-state index contributed by atoms with van der Waals surface area (Å²) in [4.78, 5) is 21.0. The van der Waals surface area contributed by atoms with Crippen molar-refractivity contribution in [3.8, 4) is 0 Å². The molecule has 0 saturated carbocycles. The summed E-state index contributed by atoms with van der Waals surface area (Å²) in [6, 6.07) is 4.16. The minimum absolute atomic E-state index is 0.145. The van der Waals surface area contributed by atoms with Crippen LogP contribution in [-0.4, -0.2) is 65.6 Å². The number of pyridine rings is 1. The summed E-state index contributed by atoms with van der Waals surface area (Å²) >= 11 is 0. The minimum Gasteiger partial charge on any atom is -0.444 e. The van der Waals surface area contributed by atoms with Gasteiger partial charge in [-0.3, -0.25) is 0 Å². The number of rotatable bonds is 2. The Morgan fingerprint density at radius 3 is 2.28 bits per heavy atom. The van der Waals surface area contributed by atoms with Crippen molar-refractivity contribution < 1.29 is 18.8 Å². The van der Waals surface area contributed by atoms with Gasteiger partial charge in [0, 0.05) is 37.3 Å². The lowest BCUT2D eigenvalue weighted by atomic mass is 9.80. The SMILES string of the molecule is C[C@@H]1CN(C(=O)OC(C)(C)C)CCN1c1ccc(B2OC(C)(C)C(C)(C)O2)cn1. The Bertz CT molecular complexity index is 729. The Hall–Kier alpha value is -1.80. The number of hydrogen-bond acceptors (Lipinski definition) is 6. The number of hydrogen-bond donors (Lipinski definition) is 0. The number of carbonyl (C=O) groups is 1. The summed E-state index contributed by atoms with van der Waals surface area (Å²) in [5.41, 5.74) is -0.318. The number of carbonyl (C=O) groups excluding carboxylic acids is 1. The zero-order valence-corrected chi connectivity index (χ0v) is 19.0. The van der Waals surface area contributed by atoms with E-state index >= 15 is 0 Å². The van der Waals surface area contributed by atoms with Gasteiger partial charge in [-0.2, -0.15) is 0 Å². The van der Waals surface area contributed by atoms with Crippen LogP contribution < -0.4 is 10.4 Å². The Balaban J connectivity index is 1.63. The zero-order valence-electron chi connectivity index (χ0n) is 19.0. The third-order valence-corrected chi connectivity index (χ3v) is 5.87. The van der Waals surface area contributed by atoms with E-state index in [9.17, 15) is 4.79 Å². The Morgan fingerprint density at radius 1 is 1.17 bits per heavy atom. The quantitative estimate of drug-likeness (QED) is 0.708. The summed E-state index contributed by atoms with van der Waals surface area (Å²) in [6.45, 7) is 17.9. The maximum absolute atomic E-state index is 12.3. The third kappa shape index (κ3) is 4.69. The van der Waals surface area contributed by atoms with Gasteiger partial charge in [0.25, 0.3) is 0 Å². The third-order valence-electron chi connectivity index (χ3n) is 5.87. The lowest BCUT2D eigenvalue weighted by Gasteiger charge is -2.40. The standard InChI is InChI=1S/C21H34BN3O4/c1-15-14-24(18(26)27-19(2,3)4)11-12-25(15)17-10-9-16(13-23-17)22-28-20(5,6)21(7,8)29-22/h9-10,13,15H,11-12,14H2,1-8H3/t15-/m1/s1. The van der Waals surface area contributed by atoms with E-state index in [2.05, 4.69) is 16.8 Å². The van der Waals surface area contributed by atoms with Crippen molar-refractivity contribution in [1.29, 1.82) is 0 Å². The molecule has 1 amide bonds. The predicted octanol–water partition coefficient (Wildman–Crippen LogP) is 2.83. The predicted molar refractivity (Wildman–Crippen MR) is 115 cm³/mol. The molecule has 0 bridgehead atoms. The second-order valence-corrected chi connectivity index (χ2v) is 10.0. The molecule has 3 rings (SSSR count). The van der Waals surface area contributed by atoms with Crippen LogP contribution in [0, 0.1) is 0 Å². The molecule has 0 aliphatic carbocycles. The van der Waals surface area contributed by atoms with Gasteiger partial charge in [0.2, 0.25) is 0 Å². The molecule has 0 radical (unpaired) electrons. The number of piperazine rings is 1. The largest absolute Gasteiger partial charge is 0.496 e. The van der Waals surface area contributed by atoms with Crippen LogP contribution in [-0.2, 0) is 14.0 Å². The molecule has 0 unspecified atom stereocenters. The molecule has 2 saturated heterocycles. The van der Waals surface area contributed by atoms with Gasteiger partial charge >= 0.3 is 13.2 Å². The lowest BCUT2D eigenvalue weighted by molar-refractivity contribution is 0.00578. The smallest absolute Gasteiger partial charge is 0.444 e. The normalized spacial score (nSPS) is 24.0. The molecule has 3 heterocycles. The van der Waals surface area contributed by atoms with Crippen molar-refractivity contribution in [2.75, 3.05) is 24.5 Å². The average Bonchev–Trinajstić information content (AvgIpc) is 2.81. The summed E-state index contributed by atoms with van der Waals surface area (Å²) in [6.07, 6.45) is 1.57. The highest BCUT2D eigenvalue weighted by Gasteiger charge is 2.51. The summed E-state index contributed by atoms with van der Waals surface area (Å²) in [5.74, 6) is 0.890. The van der Waals surface area contributed by atoms with Crippen molar-refractivity contribution in [2.45, 2.75) is 78.2 Å². The number of nitrogens with zero attached hydrogens (tertiary/aromatic N) is 3. The second kappa shape index (κ2) is 7.47. The highest BCUT2D eigenvalue weighted by Crippen LogP contribution is 2.36. The van der Waals surface area contributed by atoms with Crippen LogP contribution in [0.4, 0.5) is 10.6 Å². The molecule has 160 valence electrons. The monoisotopic (exact) mass is 403 g/mol. The number of ether oxygens (including phenoxy) is 1. The van der Waals surface area contributed by atoms with Crippen molar-refractivity contribution in [2.24, 2.45) is 0 Å². The van der Waals surface area contributed by atoms with E-state index < -0.39 is 12.7 Å². The van der Waals surface area contributed by atoms with Gasteiger partial charge in [-0.1, -0.05) is 6.07 Å². The topological polar surface area (TPSA) is 64.1 Å². The van der Waals surface area contributed by atoms with Crippen LogP contribution in [0.1, 0.15) is 55.4 Å². The maximum atomic E-state index is 12.3. The Kier molecular flexibility index (Phi) is 5.64. The van der Waals surface area contributed by atoms with Crippen LogP contribution in [0.15, 0.2) is 18.3 Å². The van der Waals surface area contributed by atoms with E-state index in [0.717, 1.165) is 11.3 Å². The zero-order chi connectivity index (χ0) is 21.6. The van der Waals surface area contributed by atoms with Crippen LogP contribution in [0.2, 0.25) is 0 Å². The van der Waals surface area contributed by atoms with Gasteiger partial charge in [0.15, 0.2) is 0 Å². The number of anilines is 1. The first-order chi connectivity index (χ1) is 13.3.